The average Bonchev–Trinajstić information content (AvgIpc) is 2.91. The predicted molar refractivity (Wildman–Crippen MR) is 151 cm³/mol. The molecule has 0 radical (unpaired) electrons. The Balaban J connectivity index is 1.84. The SMILES string of the molecule is CCOC(=O)C1=C(C)NC2=C(C(=O)C[C@H](c3ccc(OC)c(OC)c3)C2)[C@@H]1c1cc(Br)c(OC)c(OCC)c1. The monoisotopic (exact) mass is 599 g/mol. The fraction of sp³-hybridized carbons (Fsp3) is 0.400. The number of rotatable bonds is 9. The van der Waals surface area contributed by atoms with Crippen LogP contribution in [-0.4, -0.2) is 46.3 Å². The van der Waals surface area contributed by atoms with Crippen LogP contribution in [0.2, 0.25) is 0 Å². The second-order valence-electron chi connectivity index (χ2n) is 9.32. The number of ketones is 1. The number of esters is 1. The molecule has 39 heavy (non-hydrogen) atoms. The molecular formula is C30H34BrNO7. The summed E-state index contributed by atoms with van der Waals surface area (Å²) in [4.78, 5) is 27.2. The predicted octanol–water partition coefficient (Wildman–Crippen LogP) is 5.80. The van der Waals surface area contributed by atoms with Gasteiger partial charge in [0.2, 0.25) is 0 Å². The summed E-state index contributed by atoms with van der Waals surface area (Å²) in [7, 11) is 4.76. The maximum absolute atomic E-state index is 13.9. The van der Waals surface area contributed by atoms with Crippen LogP contribution in [-0.2, 0) is 14.3 Å². The largest absolute Gasteiger partial charge is 0.493 e. The Bertz CT molecular complexity index is 1350. The lowest BCUT2D eigenvalue weighted by atomic mass is 9.71. The van der Waals surface area contributed by atoms with E-state index < -0.39 is 11.9 Å². The Morgan fingerprint density at radius 1 is 0.949 bits per heavy atom. The van der Waals surface area contributed by atoms with E-state index in [-0.39, 0.29) is 24.7 Å². The molecule has 1 aliphatic heterocycles. The summed E-state index contributed by atoms with van der Waals surface area (Å²) in [5.74, 6) is 1.13. The third-order valence-corrected chi connectivity index (χ3v) is 7.66. The highest BCUT2D eigenvalue weighted by Gasteiger charge is 2.42. The van der Waals surface area contributed by atoms with E-state index in [1.54, 1.807) is 28.3 Å². The van der Waals surface area contributed by atoms with Gasteiger partial charge in [-0.2, -0.15) is 0 Å². The molecule has 0 saturated carbocycles. The Labute approximate surface area is 237 Å². The third-order valence-electron chi connectivity index (χ3n) is 7.07. The van der Waals surface area contributed by atoms with Gasteiger partial charge in [0.05, 0.1) is 44.6 Å². The van der Waals surface area contributed by atoms with Crippen molar-refractivity contribution < 1.29 is 33.3 Å². The van der Waals surface area contributed by atoms with Gasteiger partial charge in [-0.1, -0.05) is 6.07 Å². The van der Waals surface area contributed by atoms with Crippen molar-refractivity contribution >= 4 is 27.7 Å². The maximum Gasteiger partial charge on any atom is 0.336 e. The average molecular weight is 601 g/mol. The number of methoxy groups -OCH3 is 3. The van der Waals surface area contributed by atoms with Gasteiger partial charge in [0, 0.05) is 29.3 Å². The highest BCUT2D eigenvalue weighted by molar-refractivity contribution is 9.10. The molecule has 0 bridgehead atoms. The molecule has 2 aromatic carbocycles. The van der Waals surface area contributed by atoms with Crippen LogP contribution in [0.25, 0.3) is 0 Å². The molecule has 2 aliphatic rings. The molecule has 0 fully saturated rings. The van der Waals surface area contributed by atoms with Gasteiger partial charge in [-0.15, -0.1) is 0 Å². The Hall–Kier alpha value is -3.46. The highest BCUT2D eigenvalue weighted by Crippen LogP contribution is 2.49. The van der Waals surface area contributed by atoms with Crippen molar-refractivity contribution in [1.29, 1.82) is 0 Å². The molecule has 2 atom stereocenters. The minimum Gasteiger partial charge on any atom is -0.493 e. The first-order valence-corrected chi connectivity index (χ1v) is 13.7. The Morgan fingerprint density at radius 3 is 2.31 bits per heavy atom. The minimum atomic E-state index is -0.624. The van der Waals surface area contributed by atoms with Crippen LogP contribution in [0.3, 0.4) is 0 Å². The van der Waals surface area contributed by atoms with Gasteiger partial charge < -0.3 is 29.0 Å². The van der Waals surface area contributed by atoms with E-state index in [4.69, 9.17) is 23.7 Å². The summed E-state index contributed by atoms with van der Waals surface area (Å²) in [5, 5.41) is 3.38. The Morgan fingerprint density at radius 2 is 1.67 bits per heavy atom. The van der Waals surface area contributed by atoms with Gasteiger partial charge in [-0.3, -0.25) is 4.79 Å². The van der Waals surface area contributed by atoms with Crippen molar-refractivity contribution in [2.45, 2.75) is 45.4 Å². The van der Waals surface area contributed by atoms with Crippen LogP contribution in [0.15, 0.2) is 57.3 Å². The molecule has 1 heterocycles. The number of benzene rings is 2. The quantitative estimate of drug-likeness (QED) is 0.362. The summed E-state index contributed by atoms with van der Waals surface area (Å²) in [5.41, 5.74) is 4.15. The molecule has 1 aliphatic carbocycles. The van der Waals surface area contributed by atoms with E-state index in [0.717, 1.165) is 16.8 Å². The second kappa shape index (κ2) is 12.2. The van der Waals surface area contributed by atoms with Gasteiger partial charge in [0.15, 0.2) is 28.8 Å². The molecule has 0 amide bonds. The van der Waals surface area contributed by atoms with Crippen LogP contribution in [0.1, 0.15) is 56.6 Å². The van der Waals surface area contributed by atoms with Gasteiger partial charge in [0.1, 0.15) is 0 Å². The number of carbonyl (C=O) groups is 2. The fourth-order valence-electron chi connectivity index (χ4n) is 5.41. The van der Waals surface area contributed by atoms with Gasteiger partial charge in [-0.25, -0.2) is 4.79 Å². The number of halogens is 1. The summed E-state index contributed by atoms with van der Waals surface area (Å²) >= 11 is 3.59. The van der Waals surface area contributed by atoms with E-state index in [1.807, 2.05) is 44.2 Å². The number of nitrogens with one attached hydrogen (secondary N) is 1. The van der Waals surface area contributed by atoms with Crippen molar-refractivity contribution in [1.82, 2.24) is 5.32 Å². The lowest BCUT2D eigenvalue weighted by Gasteiger charge is -2.37. The first-order valence-electron chi connectivity index (χ1n) is 12.9. The first-order chi connectivity index (χ1) is 18.8. The van der Waals surface area contributed by atoms with Crippen molar-refractivity contribution in [3.8, 4) is 23.0 Å². The zero-order valence-corrected chi connectivity index (χ0v) is 24.7. The van der Waals surface area contributed by atoms with E-state index in [2.05, 4.69) is 21.2 Å². The van der Waals surface area contributed by atoms with E-state index in [0.29, 0.717) is 57.3 Å². The molecule has 9 heteroatoms. The van der Waals surface area contributed by atoms with Gasteiger partial charge >= 0.3 is 5.97 Å². The number of dihydropyridines is 1. The van der Waals surface area contributed by atoms with Crippen LogP contribution in [0, 0.1) is 0 Å². The van der Waals surface area contributed by atoms with Crippen LogP contribution >= 0.6 is 15.9 Å². The maximum atomic E-state index is 13.9. The second-order valence-corrected chi connectivity index (χ2v) is 10.2. The summed E-state index contributed by atoms with van der Waals surface area (Å²) in [6.45, 7) is 6.15. The minimum absolute atomic E-state index is 0.0345. The summed E-state index contributed by atoms with van der Waals surface area (Å²) < 4.78 is 28.4. The summed E-state index contributed by atoms with van der Waals surface area (Å²) in [6.07, 6.45) is 0.882. The van der Waals surface area contributed by atoms with Gasteiger partial charge in [0.25, 0.3) is 0 Å². The molecule has 2 aromatic rings. The smallest absolute Gasteiger partial charge is 0.336 e. The van der Waals surface area contributed by atoms with E-state index >= 15 is 0 Å². The van der Waals surface area contributed by atoms with Gasteiger partial charge in [-0.05, 0) is 84.4 Å². The molecule has 8 nitrogen and oxygen atoms in total. The molecule has 4 rings (SSSR count). The molecule has 1 N–H and O–H groups in total. The number of Topliss-reactive ketones (excluding diaryl/α,β-unsaturated/α-hetero) is 1. The van der Waals surface area contributed by atoms with E-state index in [9.17, 15) is 9.59 Å². The van der Waals surface area contributed by atoms with Crippen molar-refractivity contribution in [3.63, 3.8) is 0 Å². The standard InChI is InChI=1S/C30H34BrNO7/c1-7-38-25-15-19(11-20(31)29(25)37-6)27-26(30(34)39-8-2)16(3)32-21-12-18(13-22(33)28(21)27)17-9-10-23(35-4)24(14-17)36-5/h9-11,14-15,18,27,32H,7-8,12-13H2,1-6H3/t18-,27-/m1/s1. The zero-order valence-electron chi connectivity index (χ0n) is 23.1. The highest BCUT2D eigenvalue weighted by atomic mass is 79.9. The molecule has 208 valence electrons. The number of hydrogen-bond donors (Lipinski definition) is 1. The normalized spacial score (nSPS) is 18.8. The third kappa shape index (κ3) is 5.50. The Kier molecular flexibility index (Phi) is 8.90. The lowest BCUT2D eigenvalue weighted by Crippen LogP contribution is -2.36. The van der Waals surface area contributed by atoms with Crippen molar-refractivity contribution in [2.24, 2.45) is 0 Å². The van der Waals surface area contributed by atoms with Crippen molar-refractivity contribution in [2.75, 3.05) is 34.5 Å². The molecule has 0 spiro atoms. The van der Waals surface area contributed by atoms with E-state index in [1.165, 1.54) is 0 Å². The first kappa shape index (κ1) is 28.5. The topological polar surface area (TPSA) is 92.3 Å². The lowest BCUT2D eigenvalue weighted by molar-refractivity contribution is -0.138. The van der Waals surface area contributed by atoms with Crippen molar-refractivity contribution in [3.05, 3.63) is 68.5 Å². The number of ether oxygens (including phenoxy) is 5. The fourth-order valence-corrected chi connectivity index (χ4v) is 6.03. The molecule has 0 saturated heterocycles. The molecular weight excluding hydrogens is 566 g/mol. The number of hydrogen-bond acceptors (Lipinski definition) is 8. The number of allylic oxidation sites excluding steroid dienone is 3. The van der Waals surface area contributed by atoms with Crippen LogP contribution in [0.5, 0.6) is 23.0 Å². The van der Waals surface area contributed by atoms with Crippen LogP contribution in [0.4, 0.5) is 0 Å². The van der Waals surface area contributed by atoms with Crippen LogP contribution < -0.4 is 24.3 Å². The summed E-state index contributed by atoms with van der Waals surface area (Å²) in [6, 6.07) is 9.46. The molecule has 0 aromatic heterocycles. The zero-order chi connectivity index (χ0) is 28.3. The molecule has 0 unspecified atom stereocenters. The number of carbonyl (C=O) groups excluding carboxylic acids is 2.